The molecule has 10 nitrogen and oxygen atoms in total. The fourth-order valence-electron chi connectivity index (χ4n) is 1.08. The molecule has 0 rings (SSSR count). The smallest absolute Gasteiger partial charge is 0.294 e. The summed E-state index contributed by atoms with van der Waals surface area (Å²) in [7, 11) is -3.10. The molecule has 0 spiro atoms. The summed E-state index contributed by atoms with van der Waals surface area (Å²) >= 11 is 0. The van der Waals surface area contributed by atoms with Crippen LogP contribution in [0.15, 0.2) is 0 Å². The summed E-state index contributed by atoms with van der Waals surface area (Å²) in [5, 5.41) is 17.8. The maximum Gasteiger partial charge on any atom is 0.294 e. The first-order chi connectivity index (χ1) is 7.76. The van der Waals surface area contributed by atoms with Crippen LogP contribution in [0.25, 0.3) is 0 Å². The number of hydrogen-bond acceptors (Lipinski definition) is 8. The molecule has 0 bridgehead atoms. The van der Waals surface area contributed by atoms with Gasteiger partial charge >= 0.3 is 0 Å². The summed E-state index contributed by atoms with van der Waals surface area (Å²) in [6, 6.07) is 0. The number of nitrogens with zero attached hydrogens (tertiary/aromatic N) is 2. The minimum Gasteiger partial charge on any atom is -0.329 e. The van der Waals surface area contributed by atoms with Gasteiger partial charge in [-0.3, -0.25) is 4.57 Å². The zero-order chi connectivity index (χ0) is 13.5. The van der Waals surface area contributed by atoms with Gasteiger partial charge < -0.3 is 14.2 Å². The summed E-state index contributed by atoms with van der Waals surface area (Å²) in [5.41, 5.74) is 0. The molecular formula is C6H13N2O8P. The van der Waals surface area contributed by atoms with Crippen LogP contribution in [0, 0.1) is 20.2 Å². The summed E-state index contributed by atoms with van der Waals surface area (Å²) in [6.07, 6.45) is -1.65. The van der Waals surface area contributed by atoms with Crippen molar-refractivity contribution in [2.24, 2.45) is 0 Å². The molecule has 17 heavy (non-hydrogen) atoms. The van der Waals surface area contributed by atoms with Crippen molar-refractivity contribution in [3.8, 4) is 0 Å². The summed E-state index contributed by atoms with van der Waals surface area (Å²) in [6.45, 7) is 2.35. The molecule has 100 valence electrons. The second-order valence-electron chi connectivity index (χ2n) is 3.08. The van der Waals surface area contributed by atoms with Gasteiger partial charge in [-0.2, -0.15) is 0 Å². The van der Waals surface area contributed by atoms with E-state index in [0.717, 1.165) is 0 Å². The predicted octanol–water partition coefficient (Wildman–Crippen LogP) is 0.716. The Morgan fingerprint density at radius 2 is 1.88 bits per heavy atom. The molecule has 0 aliphatic heterocycles. The van der Waals surface area contributed by atoms with Crippen molar-refractivity contribution in [2.45, 2.75) is 13.0 Å². The highest BCUT2D eigenvalue weighted by Gasteiger charge is 2.26. The van der Waals surface area contributed by atoms with E-state index in [0.29, 0.717) is 0 Å². The maximum atomic E-state index is 11.7. The molecule has 0 aliphatic carbocycles. The lowest BCUT2D eigenvalue weighted by molar-refractivity contribution is -0.788. The first-order valence-corrected chi connectivity index (χ1v) is 6.82. The lowest BCUT2D eigenvalue weighted by Crippen LogP contribution is -2.28. The Labute approximate surface area is 96.5 Å². The van der Waals surface area contributed by atoms with Crippen LogP contribution in [0.2, 0.25) is 0 Å². The van der Waals surface area contributed by atoms with Crippen molar-refractivity contribution in [1.82, 2.24) is 0 Å². The largest absolute Gasteiger partial charge is 0.329 e. The molecule has 0 radical (unpaired) electrons. The zero-order valence-corrected chi connectivity index (χ0v) is 10.2. The van der Waals surface area contributed by atoms with Gasteiger partial charge in [-0.25, -0.2) is 0 Å². The Balaban J connectivity index is 4.41. The quantitative estimate of drug-likeness (QED) is 0.340. The van der Waals surface area contributed by atoms with Gasteiger partial charge in [-0.1, -0.05) is 0 Å². The van der Waals surface area contributed by atoms with Crippen LogP contribution in [0.4, 0.5) is 0 Å². The van der Waals surface area contributed by atoms with Crippen molar-refractivity contribution in [2.75, 3.05) is 26.0 Å². The highest BCUT2D eigenvalue weighted by atomic mass is 31.2. The van der Waals surface area contributed by atoms with Crippen LogP contribution in [0.5, 0.6) is 0 Å². The Hall–Kier alpha value is -1.41. The highest BCUT2D eigenvalue weighted by molar-refractivity contribution is 7.58. The van der Waals surface area contributed by atoms with Gasteiger partial charge in [0.25, 0.3) is 10.2 Å². The second kappa shape index (κ2) is 7.02. The molecule has 0 aliphatic rings. The van der Waals surface area contributed by atoms with Crippen LogP contribution >= 0.6 is 7.37 Å². The third-order valence-electron chi connectivity index (χ3n) is 1.54. The molecule has 0 aromatic carbocycles. The normalized spacial score (nSPS) is 15.6. The molecule has 0 saturated heterocycles. The minimum atomic E-state index is -3.10. The zero-order valence-electron chi connectivity index (χ0n) is 9.31. The molecule has 0 saturated carbocycles. The van der Waals surface area contributed by atoms with E-state index in [-0.39, 0.29) is 12.8 Å². The van der Waals surface area contributed by atoms with Crippen LogP contribution in [-0.4, -0.2) is 42.3 Å². The number of hydrogen-bond donors (Lipinski definition) is 0. The fourth-order valence-corrected chi connectivity index (χ4v) is 2.64. The summed E-state index contributed by atoms with van der Waals surface area (Å²) in [4.78, 5) is 28.1. The van der Waals surface area contributed by atoms with Crippen LogP contribution < -0.4 is 0 Å². The number of rotatable bonds is 9. The molecule has 2 atom stereocenters. The third kappa shape index (κ3) is 8.40. The topological polar surface area (TPSA) is 131 Å². The average molecular weight is 272 g/mol. The SMILES string of the molecule is CCOP(C)(=O)CC(CO[N+](=O)[O-])O[N+](=O)[O-]. The Morgan fingerprint density at radius 3 is 2.29 bits per heavy atom. The molecule has 11 heteroatoms. The van der Waals surface area contributed by atoms with Gasteiger partial charge in [0.2, 0.25) is 7.37 Å². The lowest BCUT2D eigenvalue weighted by Gasteiger charge is -2.18. The molecule has 2 unspecified atom stereocenters. The van der Waals surface area contributed by atoms with E-state index in [2.05, 4.69) is 9.68 Å². The minimum absolute atomic E-state index is 0.162. The molecule has 0 aromatic heterocycles. The fraction of sp³-hybridized carbons (Fsp3) is 1.00. The maximum absolute atomic E-state index is 11.7. The van der Waals surface area contributed by atoms with E-state index in [9.17, 15) is 24.8 Å². The monoisotopic (exact) mass is 272 g/mol. The Bertz CT molecular complexity index is 321. The molecule has 0 amide bonds. The van der Waals surface area contributed by atoms with Crippen molar-refractivity contribution in [1.29, 1.82) is 0 Å². The van der Waals surface area contributed by atoms with Crippen molar-refractivity contribution in [3.05, 3.63) is 20.2 Å². The van der Waals surface area contributed by atoms with Crippen molar-refractivity contribution < 1.29 is 28.9 Å². The van der Waals surface area contributed by atoms with E-state index in [4.69, 9.17) is 4.52 Å². The van der Waals surface area contributed by atoms with Crippen LogP contribution in [-0.2, 0) is 18.8 Å². The van der Waals surface area contributed by atoms with Gasteiger partial charge in [0.1, 0.15) is 12.7 Å². The van der Waals surface area contributed by atoms with Crippen LogP contribution in [0.3, 0.4) is 0 Å². The van der Waals surface area contributed by atoms with E-state index < -0.39 is 30.3 Å². The third-order valence-corrected chi connectivity index (χ3v) is 3.41. The molecule has 0 N–H and O–H groups in total. The second-order valence-corrected chi connectivity index (χ2v) is 5.74. The highest BCUT2D eigenvalue weighted by Crippen LogP contribution is 2.43. The Morgan fingerprint density at radius 1 is 1.29 bits per heavy atom. The van der Waals surface area contributed by atoms with Gasteiger partial charge in [0, 0.05) is 6.66 Å². The Kier molecular flexibility index (Phi) is 6.44. The first-order valence-electron chi connectivity index (χ1n) is 4.56. The van der Waals surface area contributed by atoms with Gasteiger partial charge in [-0.15, -0.1) is 20.2 Å². The average Bonchev–Trinajstić information content (AvgIpc) is 2.12. The van der Waals surface area contributed by atoms with E-state index in [1.165, 1.54) is 6.66 Å². The summed E-state index contributed by atoms with van der Waals surface area (Å²) in [5.74, 6) is 0. The predicted molar refractivity (Wildman–Crippen MR) is 54.8 cm³/mol. The van der Waals surface area contributed by atoms with Crippen LogP contribution in [0.1, 0.15) is 6.92 Å². The van der Waals surface area contributed by atoms with Gasteiger partial charge in [0.05, 0.1) is 12.8 Å². The molecular weight excluding hydrogens is 259 g/mol. The molecule has 0 fully saturated rings. The lowest BCUT2D eigenvalue weighted by atomic mass is 10.4. The first kappa shape index (κ1) is 15.6. The molecule has 0 heterocycles. The summed E-state index contributed by atoms with van der Waals surface area (Å²) < 4.78 is 16.6. The molecule has 0 aromatic rings. The standard InChI is InChI=1S/C6H13N2O8P/c1-3-15-17(2,13)5-6(16-8(11)12)4-14-7(9)10/h6H,3-5H2,1-2H3. The van der Waals surface area contributed by atoms with Crippen molar-refractivity contribution >= 4 is 7.37 Å². The van der Waals surface area contributed by atoms with E-state index >= 15 is 0 Å². The van der Waals surface area contributed by atoms with E-state index in [1.807, 2.05) is 0 Å². The van der Waals surface area contributed by atoms with Gasteiger partial charge in [0.15, 0.2) is 0 Å². The van der Waals surface area contributed by atoms with Gasteiger partial charge in [-0.05, 0) is 6.92 Å². The van der Waals surface area contributed by atoms with E-state index in [1.54, 1.807) is 6.92 Å². The van der Waals surface area contributed by atoms with Crippen molar-refractivity contribution in [3.63, 3.8) is 0 Å².